The summed E-state index contributed by atoms with van der Waals surface area (Å²) < 4.78 is 0.558. The molecule has 0 fully saturated rings. The number of halogens is 2. The number of carbonyl (C=O) groups excluding carboxylic acids is 2. The van der Waals surface area contributed by atoms with Gasteiger partial charge in [0.1, 0.15) is 5.56 Å². The molecule has 1 amide bonds. The van der Waals surface area contributed by atoms with Crippen molar-refractivity contribution in [3.63, 3.8) is 0 Å². The summed E-state index contributed by atoms with van der Waals surface area (Å²) in [6.45, 7) is 0. The van der Waals surface area contributed by atoms with E-state index in [9.17, 15) is 29.8 Å². The SMILES string of the molecule is O=C(c1ccccc1Cl)c1cc(Br)ccc1NC(=O)c1ccc([N+](=O)[O-])cc1[N+](=O)[O-]. The lowest BCUT2D eigenvalue weighted by molar-refractivity contribution is -0.394. The van der Waals surface area contributed by atoms with Gasteiger partial charge in [-0.1, -0.05) is 39.7 Å². The van der Waals surface area contributed by atoms with Crippen LogP contribution in [0.15, 0.2) is 65.1 Å². The number of amides is 1. The van der Waals surface area contributed by atoms with E-state index < -0.39 is 38.5 Å². The molecule has 0 saturated carbocycles. The van der Waals surface area contributed by atoms with Crippen LogP contribution < -0.4 is 5.32 Å². The highest BCUT2D eigenvalue weighted by Gasteiger charge is 2.25. The second kappa shape index (κ2) is 9.02. The van der Waals surface area contributed by atoms with Crippen LogP contribution in [0.4, 0.5) is 17.1 Å². The van der Waals surface area contributed by atoms with Crippen LogP contribution in [0.2, 0.25) is 5.02 Å². The van der Waals surface area contributed by atoms with Crippen LogP contribution in [0.1, 0.15) is 26.3 Å². The number of nitrogens with one attached hydrogen (secondary N) is 1. The minimum atomic E-state index is -0.905. The van der Waals surface area contributed by atoms with Crippen LogP contribution in [-0.2, 0) is 0 Å². The Morgan fingerprint density at radius 1 is 0.871 bits per heavy atom. The van der Waals surface area contributed by atoms with Crippen LogP contribution >= 0.6 is 27.5 Å². The number of nitro groups is 2. The molecule has 0 heterocycles. The third kappa shape index (κ3) is 4.76. The molecule has 0 aliphatic rings. The average Bonchev–Trinajstić information content (AvgIpc) is 2.74. The van der Waals surface area contributed by atoms with Crippen molar-refractivity contribution in [1.29, 1.82) is 0 Å². The largest absolute Gasteiger partial charge is 0.321 e. The van der Waals surface area contributed by atoms with Gasteiger partial charge < -0.3 is 5.32 Å². The summed E-state index contributed by atoms with van der Waals surface area (Å²) in [7, 11) is 0. The number of benzene rings is 3. The smallest absolute Gasteiger partial charge is 0.289 e. The fraction of sp³-hybridized carbons (Fsp3) is 0. The molecule has 9 nitrogen and oxygen atoms in total. The molecule has 0 aliphatic carbocycles. The number of nitrogens with zero attached hydrogens (tertiary/aromatic N) is 2. The molecule has 0 aromatic heterocycles. The number of nitro benzene ring substituents is 2. The van der Waals surface area contributed by atoms with Gasteiger partial charge in [-0.2, -0.15) is 0 Å². The zero-order valence-corrected chi connectivity index (χ0v) is 17.7. The predicted molar refractivity (Wildman–Crippen MR) is 117 cm³/mol. The number of rotatable bonds is 6. The monoisotopic (exact) mass is 503 g/mol. The quantitative estimate of drug-likeness (QED) is 0.271. The van der Waals surface area contributed by atoms with E-state index in [0.717, 1.165) is 12.1 Å². The molecule has 0 saturated heterocycles. The summed E-state index contributed by atoms with van der Waals surface area (Å²) in [5.74, 6) is -1.38. The van der Waals surface area contributed by atoms with E-state index >= 15 is 0 Å². The Bertz CT molecular complexity index is 1250. The molecule has 0 atom stereocenters. The van der Waals surface area contributed by atoms with Crippen molar-refractivity contribution >= 4 is 56.3 Å². The summed E-state index contributed by atoms with van der Waals surface area (Å²) in [5, 5.41) is 24.9. The first-order valence-corrected chi connectivity index (χ1v) is 9.69. The molecular formula is C20H11BrClN3O6. The minimum Gasteiger partial charge on any atom is -0.321 e. The highest BCUT2D eigenvalue weighted by molar-refractivity contribution is 9.10. The Morgan fingerprint density at radius 3 is 2.23 bits per heavy atom. The van der Waals surface area contributed by atoms with Crippen LogP contribution in [0.25, 0.3) is 0 Å². The molecule has 3 rings (SSSR count). The lowest BCUT2D eigenvalue weighted by atomic mass is 10.0. The Hall–Kier alpha value is -3.63. The third-order valence-electron chi connectivity index (χ3n) is 4.23. The molecule has 156 valence electrons. The van der Waals surface area contributed by atoms with Gasteiger partial charge in [-0.3, -0.25) is 29.8 Å². The fourth-order valence-electron chi connectivity index (χ4n) is 2.77. The van der Waals surface area contributed by atoms with E-state index in [-0.39, 0.29) is 21.8 Å². The number of hydrogen-bond donors (Lipinski definition) is 1. The van der Waals surface area contributed by atoms with Crippen LogP contribution in [0.5, 0.6) is 0 Å². The Morgan fingerprint density at radius 2 is 1.58 bits per heavy atom. The van der Waals surface area contributed by atoms with E-state index in [1.165, 1.54) is 18.2 Å². The predicted octanol–water partition coefficient (Wildman–Crippen LogP) is 5.40. The molecule has 31 heavy (non-hydrogen) atoms. The van der Waals surface area contributed by atoms with Gasteiger partial charge >= 0.3 is 0 Å². The number of anilines is 1. The normalized spacial score (nSPS) is 10.4. The summed E-state index contributed by atoms with van der Waals surface area (Å²) in [6.07, 6.45) is 0. The van der Waals surface area contributed by atoms with Crippen molar-refractivity contribution in [2.24, 2.45) is 0 Å². The molecule has 3 aromatic rings. The van der Waals surface area contributed by atoms with E-state index in [2.05, 4.69) is 21.2 Å². The lowest BCUT2D eigenvalue weighted by Gasteiger charge is -2.12. The maximum Gasteiger partial charge on any atom is 0.289 e. The van der Waals surface area contributed by atoms with Gasteiger partial charge in [0.2, 0.25) is 0 Å². The molecule has 0 aliphatic heterocycles. The van der Waals surface area contributed by atoms with Gasteiger partial charge in [0.25, 0.3) is 17.3 Å². The fourth-order valence-corrected chi connectivity index (χ4v) is 3.35. The van der Waals surface area contributed by atoms with E-state index in [0.29, 0.717) is 10.5 Å². The van der Waals surface area contributed by atoms with Gasteiger partial charge in [-0.15, -0.1) is 0 Å². The van der Waals surface area contributed by atoms with Crippen LogP contribution in [0.3, 0.4) is 0 Å². The van der Waals surface area contributed by atoms with Crippen molar-refractivity contribution in [2.75, 3.05) is 5.32 Å². The zero-order valence-electron chi connectivity index (χ0n) is 15.4. The third-order valence-corrected chi connectivity index (χ3v) is 5.05. The first kappa shape index (κ1) is 22.1. The standard InChI is InChI=1S/C20H11BrClN3O6/c21-11-5-8-17(15(9-11)19(26)13-3-1-2-4-16(13)22)23-20(27)14-7-6-12(24(28)29)10-18(14)25(30)31/h1-10H,(H,23,27). The number of non-ortho nitro benzene ring substituents is 1. The summed E-state index contributed by atoms with van der Waals surface area (Å²) in [5.41, 5.74) is -1.26. The molecule has 3 aromatic carbocycles. The Kier molecular flexibility index (Phi) is 6.42. The summed E-state index contributed by atoms with van der Waals surface area (Å²) in [4.78, 5) is 46.3. The zero-order chi connectivity index (χ0) is 22.7. The van der Waals surface area contributed by atoms with Gasteiger partial charge in [0.15, 0.2) is 5.78 Å². The molecule has 1 N–H and O–H groups in total. The second-order valence-corrected chi connectivity index (χ2v) is 7.49. The maximum atomic E-state index is 13.0. The second-order valence-electron chi connectivity index (χ2n) is 6.17. The molecule has 0 unspecified atom stereocenters. The highest BCUT2D eigenvalue weighted by Crippen LogP contribution is 2.29. The molecule has 0 bridgehead atoms. The molecule has 11 heteroatoms. The van der Waals surface area contributed by atoms with Crippen molar-refractivity contribution in [3.05, 3.63) is 107 Å². The van der Waals surface area contributed by atoms with E-state index in [1.54, 1.807) is 24.3 Å². The summed E-state index contributed by atoms with van der Waals surface area (Å²) in [6, 6.07) is 13.5. The molecule has 0 spiro atoms. The van der Waals surface area contributed by atoms with Crippen LogP contribution in [-0.4, -0.2) is 21.5 Å². The molecule has 0 radical (unpaired) electrons. The highest BCUT2D eigenvalue weighted by atomic mass is 79.9. The van der Waals surface area contributed by atoms with Crippen molar-refractivity contribution in [1.82, 2.24) is 0 Å². The summed E-state index contributed by atoms with van der Waals surface area (Å²) >= 11 is 9.38. The number of ketones is 1. The lowest BCUT2D eigenvalue weighted by Crippen LogP contribution is -2.17. The minimum absolute atomic E-state index is 0.0887. The topological polar surface area (TPSA) is 132 Å². The van der Waals surface area contributed by atoms with Gasteiger partial charge in [-0.05, 0) is 36.4 Å². The number of carbonyl (C=O) groups is 2. The van der Waals surface area contributed by atoms with Crippen molar-refractivity contribution in [2.45, 2.75) is 0 Å². The van der Waals surface area contributed by atoms with Gasteiger partial charge in [0.05, 0.1) is 26.6 Å². The van der Waals surface area contributed by atoms with E-state index in [1.807, 2.05) is 0 Å². The molecular weight excluding hydrogens is 494 g/mol. The van der Waals surface area contributed by atoms with Crippen LogP contribution in [0, 0.1) is 20.2 Å². The Balaban J connectivity index is 2.02. The van der Waals surface area contributed by atoms with Crippen molar-refractivity contribution < 1.29 is 19.4 Å². The van der Waals surface area contributed by atoms with Gasteiger partial charge in [0, 0.05) is 21.7 Å². The van der Waals surface area contributed by atoms with E-state index in [4.69, 9.17) is 11.6 Å². The maximum absolute atomic E-state index is 13.0. The number of hydrogen-bond acceptors (Lipinski definition) is 6. The first-order valence-electron chi connectivity index (χ1n) is 8.52. The van der Waals surface area contributed by atoms with Crippen molar-refractivity contribution in [3.8, 4) is 0 Å². The van der Waals surface area contributed by atoms with Gasteiger partial charge in [-0.25, -0.2) is 0 Å². The average molecular weight is 505 g/mol. The first-order chi connectivity index (χ1) is 14.7. The Labute approximate surface area is 188 Å².